The number of halogens is 1. The highest BCUT2D eigenvalue weighted by molar-refractivity contribution is 6.30. The monoisotopic (exact) mass is 508 g/mol. The van der Waals surface area contributed by atoms with Crippen molar-refractivity contribution < 1.29 is 19.1 Å². The second-order valence-electron chi connectivity index (χ2n) is 8.51. The van der Waals surface area contributed by atoms with E-state index in [1.165, 1.54) is 0 Å². The summed E-state index contributed by atoms with van der Waals surface area (Å²) in [6, 6.07) is 21.8. The number of carbonyl (C=O) groups is 2. The van der Waals surface area contributed by atoms with Gasteiger partial charge in [-0.2, -0.15) is 0 Å². The second kappa shape index (κ2) is 13.5. The minimum atomic E-state index is -0.678. The molecular weight excluding hydrogens is 476 g/mol. The zero-order valence-electron chi connectivity index (χ0n) is 21.0. The number of ether oxygens (including phenoxy) is 2. The summed E-state index contributed by atoms with van der Waals surface area (Å²) in [7, 11) is 3.13. The molecule has 3 aromatic rings. The summed E-state index contributed by atoms with van der Waals surface area (Å²) < 4.78 is 10.7. The van der Waals surface area contributed by atoms with Gasteiger partial charge in [0.1, 0.15) is 6.04 Å². The van der Waals surface area contributed by atoms with Gasteiger partial charge in [0.2, 0.25) is 11.8 Å². The van der Waals surface area contributed by atoms with E-state index in [1.807, 2.05) is 55.5 Å². The van der Waals surface area contributed by atoms with Crippen LogP contribution >= 0.6 is 11.6 Å². The Bertz CT molecular complexity index is 1140. The topological polar surface area (TPSA) is 67.9 Å². The fraction of sp³-hybridized carbons (Fsp3) is 0.310. The zero-order valence-corrected chi connectivity index (χ0v) is 21.8. The van der Waals surface area contributed by atoms with Crippen molar-refractivity contribution in [3.05, 3.63) is 94.5 Å². The molecule has 190 valence electrons. The lowest BCUT2D eigenvalue weighted by Crippen LogP contribution is -2.51. The van der Waals surface area contributed by atoms with Gasteiger partial charge in [-0.25, -0.2) is 0 Å². The molecule has 0 unspecified atom stereocenters. The molecule has 3 rings (SSSR count). The Balaban J connectivity index is 1.96. The molecular formula is C29H33ClN2O4. The predicted molar refractivity (Wildman–Crippen MR) is 142 cm³/mol. The first kappa shape index (κ1) is 27.1. The van der Waals surface area contributed by atoms with E-state index in [0.29, 0.717) is 29.5 Å². The van der Waals surface area contributed by atoms with Gasteiger partial charge < -0.3 is 19.7 Å². The van der Waals surface area contributed by atoms with E-state index in [-0.39, 0.29) is 24.8 Å². The number of carbonyl (C=O) groups excluding carboxylic acids is 2. The minimum Gasteiger partial charge on any atom is -0.493 e. The van der Waals surface area contributed by atoms with Crippen molar-refractivity contribution in [1.29, 1.82) is 0 Å². The Morgan fingerprint density at radius 1 is 0.889 bits per heavy atom. The van der Waals surface area contributed by atoms with Gasteiger partial charge in [-0.1, -0.05) is 67.1 Å². The van der Waals surface area contributed by atoms with Gasteiger partial charge in [-0.05, 0) is 47.4 Å². The molecule has 0 fully saturated rings. The Labute approximate surface area is 218 Å². The number of amides is 2. The molecule has 7 heteroatoms. The Hall–Kier alpha value is -3.51. The van der Waals surface area contributed by atoms with E-state index >= 15 is 0 Å². The molecule has 36 heavy (non-hydrogen) atoms. The van der Waals surface area contributed by atoms with Crippen LogP contribution in [0.1, 0.15) is 30.0 Å². The Kier molecular flexibility index (Phi) is 10.2. The third-order valence-corrected chi connectivity index (χ3v) is 6.14. The quantitative estimate of drug-likeness (QED) is 0.371. The fourth-order valence-electron chi connectivity index (χ4n) is 3.97. The van der Waals surface area contributed by atoms with Gasteiger partial charge in [0.15, 0.2) is 11.5 Å². The molecule has 0 aliphatic carbocycles. The third kappa shape index (κ3) is 7.49. The fourth-order valence-corrected chi connectivity index (χ4v) is 4.10. The van der Waals surface area contributed by atoms with Crippen LogP contribution in [-0.4, -0.2) is 43.5 Å². The lowest BCUT2D eigenvalue weighted by atomic mass is 10.0. The van der Waals surface area contributed by atoms with Crippen LogP contribution in [0, 0.1) is 0 Å². The van der Waals surface area contributed by atoms with Crippen LogP contribution in [0.5, 0.6) is 11.5 Å². The van der Waals surface area contributed by atoms with Gasteiger partial charge in [0, 0.05) is 24.5 Å². The molecule has 0 heterocycles. The van der Waals surface area contributed by atoms with Gasteiger partial charge >= 0.3 is 0 Å². The molecule has 3 aromatic carbocycles. The number of hydrogen-bond acceptors (Lipinski definition) is 4. The van der Waals surface area contributed by atoms with Crippen LogP contribution in [0.15, 0.2) is 72.8 Å². The summed E-state index contributed by atoms with van der Waals surface area (Å²) in [5.41, 5.74) is 2.64. The lowest BCUT2D eigenvalue weighted by Gasteiger charge is -2.32. The van der Waals surface area contributed by atoms with Gasteiger partial charge in [-0.15, -0.1) is 0 Å². The maximum atomic E-state index is 13.8. The average molecular weight is 509 g/mol. The molecule has 0 aromatic heterocycles. The average Bonchev–Trinajstić information content (AvgIpc) is 2.90. The smallest absolute Gasteiger partial charge is 0.243 e. The number of rotatable bonds is 12. The van der Waals surface area contributed by atoms with Crippen LogP contribution < -0.4 is 14.8 Å². The van der Waals surface area contributed by atoms with Crippen LogP contribution in [0.3, 0.4) is 0 Å². The molecule has 6 nitrogen and oxygen atoms in total. The molecule has 0 aliphatic heterocycles. The van der Waals surface area contributed by atoms with E-state index in [1.54, 1.807) is 43.4 Å². The highest BCUT2D eigenvalue weighted by atomic mass is 35.5. The minimum absolute atomic E-state index is 0.111. The zero-order chi connectivity index (χ0) is 25.9. The normalized spacial score (nSPS) is 11.4. The molecule has 0 saturated heterocycles. The summed E-state index contributed by atoms with van der Waals surface area (Å²) in [4.78, 5) is 28.8. The molecule has 1 N–H and O–H groups in total. The van der Waals surface area contributed by atoms with E-state index in [2.05, 4.69) is 5.32 Å². The summed E-state index contributed by atoms with van der Waals surface area (Å²) in [6.07, 6.45) is 1.32. The Morgan fingerprint density at radius 3 is 2.19 bits per heavy atom. The molecule has 0 spiro atoms. The first-order valence-electron chi connectivity index (χ1n) is 12.0. The number of nitrogens with zero attached hydrogens (tertiary/aromatic N) is 1. The summed E-state index contributed by atoms with van der Waals surface area (Å²) in [6.45, 7) is 2.82. The SMILES string of the molecule is CCCNC(=O)[C@@H](Cc1ccccc1)N(Cc1ccc(Cl)cc1)C(=O)Cc1ccc(OC)c(OC)c1. The highest BCUT2D eigenvalue weighted by Crippen LogP contribution is 2.28. The largest absolute Gasteiger partial charge is 0.493 e. The van der Waals surface area contributed by atoms with E-state index < -0.39 is 6.04 Å². The Morgan fingerprint density at radius 2 is 1.56 bits per heavy atom. The van der Waals surface area contributed by atoms with Gasteiger partial charge in [0.05, 0.1) is 20.6 Å². The van der Waals surface area contributed by atoms with Gasteiger partial charge in [-0.3, -0.25) is 9.59 Å². The van der Waals surface area contributed by atoms with E-state index in [9.17, 15) is 9.59 Å². The summed E-state index contributed by atoms with van der Waals surface area (Å²) >= 11 is 6.08. The summed E-state index contributed by atoms with van der Waals surface area (Å²) in [5.74, 6) is 0.807. The van der Waals surface area contributed by atoms with Crippen LogP contribution in [-0.2, 0) is 29.0 Å². The molecule has 0 radical (unpaired) electrons. The number of nitrogens with one attached hydrogen (secondary N) is 1. The second-order valence-corrected chi connectivity index (χ2v) is 8.95. The number of methoxy groups -OCH3 is 2. The standard InChI is InChI=1S/C29H33ClN2O4/c1-4-16-31-29(34)25(17-21-8-6-5-7-9-21)32(20-22-10-13-24(30)14-11-22)28(33)19-23-12-15-26(35-2)27(18-23)36-3/h5-15,18,25H,4,16-17,19-20H2,1-3H3,(H,31,34)/t25-/m1/s1. The molecule has 0 bridgehead atoms. The van der Waals surface area contributed by atoms with Crippen molar-refractivity contribution in [2.24, 2.45) is 0 Å². The van der Waals surface area contributed by atoms with Crippen molar-refractivity contribution in [3.8, 4) is 11.5 Å². The molecule has 0 aliphatic rings. The van der Waals surface area contributed by atoms with Crippen LogP contribution in [0.25, 0.3) is 0 Å². The predicted octanol–water partition coefficient (Wildman–Crippen LogP) is 5.07. The first-order valence-corrected chi connectivity index (χ1v) is 12.4. The summed E-state index contributed by atoms with van der Waals surface area (Å²) in [5, 5.41) is 3.60. The van der Waals surface area contributed by atoms with Crippen molar-refractivity contribution in [2.45, 2.75) is 38.8 Å². The van der Waals surface area contributed by atoms with Crippen LogP contribution in [0.4, 0.5) is 0 Å². The maximum Gasteiger partial charge on any atom is 0.243 e. The van der Waals surface area contributed by atoms with Crippen molar-refractivity contribution >= 4 is 23.4 Å². The maximum absolute atomic E-state index is 13.8. The van der Waals surface area contributed by atoms with Gasteiger partial charge in [0.25, 0.3) is 0 Å². The third-order valence-electron chi connectivity index (χ3n) is 5.89. The van der Waals surface area contributed by atoms with Crippen molar-refractivity contribution in [2.75, 3.05) is 20.8 Å². The highest BCUT2D eigenvalue weighted by Gasteiger charge is 2.30. The number of benzene rings is 3. The van der Waals surface area contributed by atoms with E-state index in [0.717, 1.165) is 23.1 Å². The van der Waals surface area contributed by atoms with Crippen molar-refractivity contribution in [3.63, 3.8) is 0 Å². The molecule has 0 saturated carbocycles. The molecule has 1 atom stereocenters. The van der Waals surface area contributed by atoms with E-state index in [4.69, 9.17) is 21.1 Å². The lowest BCUT2D eigenvalue weighted by molar-refractivity contribution is -0.140. The van der Waals surface area contributed by atoms with Crippen molar-refractivity contribution in [1.82, 2.24) is 10.2 Å². The van der Waals surface area contributed by atoms with Crippen LogP contribution in [0.2, 0.25) is 5.02 Å². The number of hydrogen-bond donors (Lipinski definition) is 1. The molecule has 2 amide bonds. The first-order chi connectivity index (χ1) is 17.4.